The number of carbonyl (C=O) groups is 1. The van der Waals surface area contributed by atoms with Crippen molar-refractivity contribution in [3.05, 3.63) is 43.7 Å². The highest BCUT2D eigenvalue weighted by Gasteiger charge is 2.33. The molecule has 2 saturated carbocycles. The molecular weight excluding hydrogens is 436 g/mol. The van der Waals surface area contributed by atoms with Gasteiger partial charge in [-0.15, -0.1) is 11.3 Å². The predicted octanol–water partition coefficient (Wildman–Crippen LogP) is 2.74. The Balaban J connectivity index is 1.54. The van der Waals surface area contributed by atoms with Crippen LogP contribution in [-0.2, 0) is 4.79 Å². The lowest BCUT2D eigenvalue weighted by molar-refractivity contribution is -0.115. The first-order valence-electron chi connectivity index (χ1n) is 9.98. The molecule has 0 saturated heterocycles. The number of carbonyl (C=O) groups excluding carboxylic acids is 1. The van der Waals surface area contributed by atoms with Gasteiger partial charge in [0.2, 0.25) is 5.91 Å². The van der Waals surface area contributed by atoms with Crippen LogP contribution in [0.2, 0.25) is 0 Å². The first kappa shape index (κ1) is 20.0. The summed E-state index contributed by atoms with van der Waals surface area (Å²) in [4.78, 5) is 49.5. The topological polar surface area (TPSA) is 134 Å². The van der Waals surface area contributed by atoms with E-state index in [0.717, 1.165) is 37.4 Å². The Morgan fingerprint density at radius 1 is 1.35 bits per heavy atom. The third-order valence-electron chi connectivity index (χ3n) is 5.30. The van der Waals surface area contributed by atoms with Gasteiger partial charge in [-0.3, -0.25) is 19.1 Å². The maximum Gasteiger partial charge on any atom is 0.330 e. The monoisotopic (exact) mass is 454 g/mol. The number of rotatable bonds is 6. The summed E-state index contributed by atoms with van der Waals surface area (Å²) in [6.07, 6.45) is 3.68. The van der Waals surface area contributed by atoms with E-state index in [0.29, 0.717) is 27.1 Å². The van der Waals surface area contributed by atoms with Gasteiger partial charge in [-0.05, 0) is 44.1 Å². The van der Waals surface area contributed by atoms with E-state index in [1.165, 1.54) is 11.3 Å². The lowest BCUT2D eigenvalue weighted by Crippen LogP contribution is -2.31. The minimum Gasteiger partial charge on any atom is -0.316 e. The second-order valence-electron chi connectivity index (χ2n) is 7.74. The average molecular weight is 455 g/mol. The van der Waals surface area contributed by atoms with Crippen molar-refractivity contribution in [1.82, 2.24) is 19.5 Å². The van der Waals surface area contributed by atoms with E-state index in [1.54, 1.807) is 22.9 Å². The Morgan fingerprint density at radius 2 is 2.13 bits per heavy atom. The van der Waals surface area contributed by atoms with E-state index < -0.39 is 16.5 Å². The number of aromatic nitrogens is 4. The molecule has 2 N–H and O–H groups in total. The summed E-state index contributed by atoms with van der Waals surface area (Å²) in [5.41, 5.74) is -0.236. The van der Waals surface area contributed by atoms with Gasteiger partial charge in [0.15, 0.2) is 5.65 Å². The number of nitrogens with one attached hydrogen (secondary N) is 2. The predicted molar refractivity (Wildman–Crippen MR) is 118 cm³/mol. The molecule has 31 heavy (non-hydrogen) atoms. The minimum absolute atomic E-state index is 0.0376. The van der Waals surface area contributed by atoms with Gasteiger partial charge < -0.3 is 5.32 Å². The van der Waals surface area contributed by atoms with Crippen LogP contribution in [0.5, 0.6) is 0 Å². The van der Waals surface area contributed by atoms with Crippen LogP contribution in [0.3, 0.4) is 0 Å². The molecule has 2 aliphatic carbocycles. The molecule has 5 rings (SSSR count). The van der Waals surface area contributed by atoms with Gasteiger partial charge in [0.1, 0.15) is 27.3 Å². The van der Waals surface area contributed by atoms with Crippen molar-refractivity contribution in [2.75, 3.05) is 5.32 Å². The van der Waals surface area contributed by atoms with Crippen LogP contribution in [0.4, 0.5) is 5.00 Å². The fourth-order valence-corrected chi connectivity index (χ4v) is 5.03. The molecule has 3 aromatic heterocycles. The van der Waals surface area contributed by atoms with Gasteiger partial charge in [-0.1, -0.05) is 11.8 Å². The van der Waals surface area contributed by atoms with Gasteiger partial charge in [0.05, 0.1) is 10.8 Å². The summed E-state index contributed by atoms with van der Waals surface area (Å²) in [5, 5.41) is 14.2. The maximum absolute atomic E-state index is 12.8. The van der Waals surface area contributed by atoms with E-state index in [1.807, 2.05) is 6.07 Å². The van der Waals surface area contributed by atoms with Gasteiger partial charge in [0, 0.05) is 12.0 Å². The number of thiophene rings is 1. The Labute approximate surface area is 184 Å². The molecule has 11 heteroatoms. The minimum atomic E-state index is -0.584. The Hall–Kier alpha value is -2.97. The zero-order chi connectivity index (χ0) is 21.7. The Kier molecular flexibility index (Phi) is 4.91. The first-order chi connectivity index (χ1) is 15.0. The number of amides is 1. The molecule has 3 aromatic rings. The number of hydrogen-bond acceptors (Lipinski definition) is 8. The standard InChI is InChI=1S/C20H18N6O3S2/c1-9(16(27)24-18-11(8-21)6-7-30-18)31-19-13-15(22-14(23-19)10-2-3-10)26(12-4-5-12)20(29)25-17(13)28/h6-7,9-10,12H,2-5H2,1H3,(H,24,27)(H,25,28,29)/t9-/m0/s1. The van der Waals surface area contributed by atoms with Crippen LogP contribution >= 0.6 is 23.1 Å². The fourth-order valence-electron chi connectivity index (χ4n) is 3.34. The first-order valence-corrected chi connectivity index (χ1v) is 11.7. The van der Waals surface area contributed by atoms with Crippen molar-refractivity contribution in [3.8, 4) is 6.07 Å². The highest BCUT2D eigenvalue weighted by molar-refractivity contribution is 8.00. The van der Waals surface area contributed by atoms with E-state index in [9.17, 15) is 14.4 Å². The maximum atomic E-state index is 12.8. The number of anilines is 1. The van der Waals surface area contributed by atoms with Crippen LogP contribution in [0.15, 0.2) is 26.1 Å². The van der Waals surface area contributed by atoms with Crippen LogP contribution < -0.4 is 16.6 Å². The molecular formula is C20H18N6O3S2. The van der Waals surface area contributed by atoms with Crippen molar-refractivity contribution in [3.63, 3.8) is 0 Å². The van der Waals surface area contributed by atoms with Gasteiger partial charge in [0.25, 0.3) is 5.56 Å². The number of nitrogens with zero attached hydrogens (tertiary/aromatic N) is 4. The zero-order valence-electron chi connectivity index (χ0n) is 16.5. The van der Waals surface area contributed by atoms with Crippen molar-refractivity contribution < 1.29 is 4.79 Å². The SMILES string of the molecule is C[C@H](Sc1nc(C2CC2)nc2c1c(=O)[nH]c(=O)n2C1CC1)C(=O)Nc1sccc1C#N. The largest absolute Gasteiger partial charge is 0.330 e. The molecule has 0 spiro atoms. The lowest BCUT2D eigenvalue weighted by Gasteiger charge is -2.14. The molecule has 0 aliphatic heterocycles. The van der Waals surface area contributed by atoms with Crippen molar-refractivity contribution in [1.29, 1.82) is 5.26 Å². The number of nitriles is 1. The van der Waals surface area contributed by atoms with Crippen LogP contribution in [0.1, 0.15) is 56.0 Å². The number of H-pyrrole nitrogens is 1. The second-order valence-corrected chi connectivity index (χ2v) is 9.99. The fraction of sp³-hybridized carbons (Fsp3) is 0.400. The Bertz CT molecular complexity index is 1360. The van der Waals surface area contributed by atoms with Crippen molar-refractivity contribution in [2.24, 2.45) is 0 Å². The van der Waals surface area contributed by atoms with E-state index in [2.05, 4.69) is 20.3 Å². The third kappa shape index (κ3) is 3.77. The molecule has 1 atom stereocenters. The van der Waals surface area contributed by atoms with E-state index >= 15 is 0 Å². The molecule has 2 aliphatic rings. The summed E-state index contributed by atoms with van der Waals surface area (Å²) >= 11 is 2.44. The van der Waals surface area contributed by atoms with Crippen molar-refractivity contribution in [2.45, 2.75) is 54.8 Å². The number of thioether (sulfide) groups is 1. The third-order valence-corrected chi connectivity index (χ3v) is 7.22. The highest BCUT2D eigenvalue weighted by Crippen LogP contribution is 2.41. The Morgan fingerprint density at radius 3 is 2.81 bits per heavy atom. The summed E-state index contributed by atoms with van der Waals surface area (Å²) in [6.45, 7) is 1.72. The molecule has 1 amide bonds. The molecule has 2 fully saturated rings. The quantitative estimate of drug-likeness (QED) is 0.432. The molecule has 3 heterocycles. The molecule has 0 unspecified atom stereocenters. The van der Waals surface area contributed by atoms with Crippen LogP contribution in [0.25, 0.3) is 11.0 Å². The summed E-state index contributed by atoms with van der Waals surface area (Å²) in [5.74, 6) is 0.543. The number of hydrogen-bond donors (Lipinski definition) is 2. The summed E-state index contributed by atoms with van der Waals surface area (Å²) < 4.78 is 1.56. The van der Waals surface area contributed by atoms with Crippen LogP contribution in [-0.4, -0.2) is 30.7 Å². The van der Waals surface area contributed by atoms with E-state index in [-0.39, 0.29) is 23.3 Å². The molecule has 0 aromatic carbocycles. The summed E-state index contributed by atoms with van der Waals surface area (Å²) in [6, 6.07) is 3.73. The van der Waals surface area contributed by atoms with E-state index in [4.69, 9.17) is 5.26 Å². The van der Waals surface area contributed by atoms with Gasteiger partial charge in [-0.2, -0.15) is 5.26 Å². The highest BCUT2D eigenvalue weighted by atomic mass is 32.2. The lowest BCUT2D eigenvalue weighted by atomic mass is 10.3. The zero-order valence-corrected chi connectivity index (χ0v) is 18.2. The normalized spacial score (nSPS) is 16.8. The van der Waals surface area contributed by atoms with Crippen LogP contribution in [0, 0.1) is 11.3 Å². The van der Waals surface area contributed by atoms with Crippen molar-refractivity contribution >= 4 is 45.0 Å². The number of aromatic amines is 1. The van der Waals surface area contributed by atoms with Gasteiger partial charge in [-0.25, -0.2) is 14.8 Å². The molecule has 0 bridgehead atoms. The van der Waals surface area contributed by atoms with Gasteiger partial charge >= 0.3 is 5.69 Å². The molecule has 0 radical (unpaired) electrons. The smallest absolute Gasteiger partial charge is 0.316 e. The summed E-state index contributed by atoms with van der Waals surface area (Å²) in [7, 11) is 0. The average Bonchev–Trinajstić information content (AvgIpc) is 3.66. The number of fused-ring (bicyclic) bond motifs is 1. The molecule has 158 valence electrons. The molecule has 9 nitrogen and oxygen atoms in total. The second kappa shape index (κ2) is 7.62.